The molecule has 0 aliphatic carbocycles. The van der Waals surface area contributed by atoms with E-state index in [1.165, 1.54) is 31.1 Å². The van der Waals surface area contributed by atoms with Crippen molar-refractivity contribution in [2.75, 3.05) is 21.1 Å². The zero-order valence-electron chi connectivity index (χ0n) is 15.0. The number of hydrogen-bond donors (Lipinski definition) is 0. The first-order valence-electron chi connectivity index (χ1n) is 8.00. The summed E-state index contributed by atoms with van der Waals surface area (Å²) in [6, 6.07) is 11.8. The van der Waals surface area contributed by atoms with Gasteiger partial charge in [-0.25, -0.2) is 12.7 Å². The molecule has 0 fully saturated rings. The van der Waals surface area contributed by atoms with Crippen LogP contribution in [0.3, 0.4) is 0 Å². The number of para-hydroxylation sites is 1. The Balaban J connectivity index is 1.84. The topological polar surface area (TPSA) is 84.0 Å². The molecule has 1 aromatic carbocycles. The van der Waals surface area contributed by atoms with Crippen LogP contribution >= 0.6 is 0 Å². The van der Waals surface area contributed by atoms with Gasteiger partial charge >= 0.3 is 0 Å². The number of carbonyl (C=O) groups is 1. The molecule has 0 bridgehead atoms. The number of nitrogens with zero attached hydrogens (tertiary/aromatic N) is 2. The van der Waals surface area contributed by atoms with Crippen molar-refractivity contribution in [3.8, 4) is 0 Å². The normalized spacial score (nSPS) is 13.3. The van der Waals surface area contributed by atoms with Gasteiger partial charge in [-0.2, -0.15) is 0 Å². The van der Waals surface area contributed by atoms with Gasteiger partial charge in [-0.15, -0.1) is 0 Å². The van der Waals surface area contributed by atoms with Crippen molar-refractivity contribution in [3.05, 3.63) is 54.0 Å². The number of hydrogen-bond acceptors (Lipinski definition) is 5. The van der Waals surface area contributed by atoms with Crippen molar-refractivity contribution in [1.82, 2.24) is 9.21 Å². The van der Waals surface area contributed by atoms with E-state index in [4.69, 9.17) is 8.83 Å². The van der Waals surface area contributed by atoms with Gasteiger partial charge in [0.15, 0.2) is 5.76 Å². The summed E-state index contributed by atoms with van der Waals surface area (Å²) in [4.78, 5) is 14.1. The number of fused-ring (bicyclic) bond motifs is 1. The molecule has 0 aliphatic rings. The molecule has 0 saturated heterocycles. The van der Waals surface area contributed by atoms with E-state index in [1.807, 2.05) is 37.3 Å². The Morgan fingerprint density at radius 1 is 1.04 bits per heavy atom. The van der Waals surface area contributed by atoms with Crippen LogP contribution in [0.1, 0.15) is 29.3 Å². The molecule has 26 heavy (non-hydrogen) atoms. The van der Waals surface area contributed by atoms with Gasteiger partial charge in [0.2, 0.25) is 5.09 Å². The largest absolute Gasteiger partial charge is 0.459 e. The van der Waals surface area contributed by atoms with Crippen LogP contribution in [0.5, 0.6) is 0 Å². The Bertz CT molecular complexity index is 1020. The van der Waals surface area contributed by atoms with E-state index >= 15 is 0 Å². The fraction of sp³-hybridized carbons (Fsp3) is 0.278. The molecule has 3 rings (SSSR count). The van der Waals surface area contributed by atoms with Crippen LogP contribution in [0.15, 0.2) is 56.4 Å². The maximum Gasteiger partial charge on any atom is 0.289 e. The molecule has 0 spiro atoms. The first kappa shape index (κ1) is 18.2. The van der Waals surface area contributed by atoms with E-state index < -0.39 is 15.9 Å². The summed E-state index contributed by atoms with van der Waals surface area (Å²) in [7, 11) is 0.682. The van der Waals surface area contributed by atoms with Crippen LogP contribution < -0.4 is 0 Å². The van der Waals surface area contributed by atoms with Gasteiger partial charge in [0.25, 0.3) is 15.9 Å². The molecule has 3 aromatic rings. The molecule has 0 unspecified atom stereocenters. The Labute approximate surface area is 151 Å². The fourth-order valence-corrected chi connectivity index (χ4v) is 3.30. The average Bonchev–Trinajstić information content (AvgIpc) is 3.26. The number of rotatable bonds is 5. The van der Waals surface area contributed by atoms with E-state index in [9.17, 15) is 13.2 Å². The smallest absolute Gasteiger partial charge is 0.289 e. The zero-order chi connectivity index (χ0) is 19.1. The van der Waals surface area contributed by atoms with Crippen LogP contribution in [-0.2, 0) is 10.0 Å². The summed E-state index contributed by atoms with van der Waals surface area (Å²) in [6.45, 7) is 1.83. The molecule has 7 nitrogen and oxygen atoms in total. The zero-order valence-corrected chi connectivity index (χ0v) is 15.8. The summed E-state index contributed by atoms with van der Waals surface area (Å²) < 4.78 is 36.3. The first-order chi connectivity index (χ1) is 12.2. The molecule has 0 radical (unpaired) electrons. The van der Waals surface area contributed by atoms with Crippen molar-refractivity contribution in [2.24, 2.45) is 0 Å². The van der Waals surface area contributed by atoms with Crippen LogP contribution in [0.25, 0.3) is 11.0 Å². The molecule has 1 atom stereocenters. The van der Waals surface area contributed by atoms with E-state index in [0.29, 0.717) is 5.76 Å². The van der Waals surface area contributed by atoms with Crippen molar-refractivity contribution < 1.29 is 22.0 Å². The highest BCUT2D eigenvalue weighted by Crippen LogP contribution is 2.28. The van der Waals surface area contributed by atoms with Gasteiger partial charge in [-0.3, -0.25) is 4.79 Å². The third-order valence-corrected chi connectivity index (χ3v) is 5.97. The van der Waals surface area contributed by atoms with Gasteiger partial charge in [0, 0.05) is 26.5 Å². The molecular formula is C18H20N2O5S. The van der Waals surface area contributed by atoms with Crippen LogP contribution in [-0.4, -0.2) is 44.7 Å². The predicted octanol–water partition coefficient (Wildman–Crippen LogP) is 3.11. The van der Waals surface area contributed by atoms with Gasteiger partial charge in [0.05, 0.1) is 6.04 Å². The number of benzene rings is 1. The molecule has 0 saturated carbocycles. The second-order valence-corrected chi connectivity index (χ2v) is 8.27. The fourth-order valence-electron chi connectivity index (χ4n) is 2.50. The minimum Gasteiger partial charge on any atom is -0.459 e. The molecular weight excluding hydrogens is 356 g/mol. The van der Waals surface area contributed by atoms with E-state index in [1.54, 1.807) is 7.05 Å². The van der Waals surface area contributed by atoms with Crippen molar-refractivity contribution in [3.63, 3.8) is 0 Å². The second-order valence-electron chi connectivity index (χ2n) is 6.18. The van der Waals surface area contributed by atoms with Crippen LogP contribution in [0.2, 0.25) is 0 Å². The Morgan fingerprint density at radius 2 is 1.73 bits per heavy atom. The minimum atomic E-state index is -3.73. The summed E-state index contributed by atoms with van der Waals surface area (Å²) in [5.41, 5.74) is 0.743. The van der Waals surface area contributed by atoms with E-state index in [-0.39, 0.29) is 16.9 Å². The van der Waals surface area contributed by atoms with Crippen LogP contribution in [0.4, 0.5) is 0 Å². The lowest BCUT2D eigenvalue weighted by molar-refractivity contribution is 0.0689. The number of carbonyl (C=O) groups excluding carboxylic acids is 1. The third kappa shape index (κ3) is 3.13. The standard InChI is InChI=1S/C18H20N2O5S/c1-12(16-11-13-7-5-6-8-14(13)24-16)20(4)18(21)15-9-10-17(25-15)26(22,23)19(2)3/h5-12H,1-4H3/t12-/m0/s1. The van der Waals surface area contributed by atoms with Crippen molar-refractivity contribution in [1.29, 1.82) is 0 Å². The number of sulfonamides is 1. The maximum absolute atomic E-state index is 12.7. The quantitative estimate of drug-likeness (QED) is 0.683. The van der Waals surface area contributed by atoms with E-state index in [0.717, 1.165) is 15.3 Å². The summed E-state index contributed by atoms with van der Waals surface area (Å²) in [5.74, 6) is 0.156. The Morgan fingerprint density at radius 3 is 2.38 bits per heavy atom. The Hall–Kier alpha value is -2.58. The first-order valence-corrected chi connectivity index (χ1v) is 9.44. The highest BCUT2D eigenvalue weighted by molar-refractivity contribution is 7.88. The van der Waals surface area contributed by atoms with Crippen molar-refractivity contribution in [2.45, 2.75) is 18.1 Å². The summed E-state index contributed by atoms with van der Waals surface area (Å²) >= 11 is 0. The lowest BCUT2D eigenvalue weighted by Crippen LogP contribution is -2.29. The van der Waals surface area contributed by atoms with Crippen molar-refractivity contribution >= 4 is 26.9 Å². The minimum absolute atomic E-state index is 0.0455. The molecule has 138 valence electrons. The monoisotopic (exact) mass is 376 g/mol. The molecule has 0 aliphatic heterocycles. The molecule has 1 amide bonds. The SMILES string of the molecule is C[C@@H](c1cc2ccccc2o1)N(C)C(=O)c1ccc(S(=O)(=O)N(C)C)o1. The van der Waals surface area contributed by atoms with Crippen LogP contribution in [0, 0.1) is 0 Å². The second kappa shape index (κ2) is 6.62. The predicted molar refractivity (Wildman–Crippen MR) is 96.3 cm³/mol. The number of furan rings is 2. The maximum atomic E-state index is 12.7. The summed E-state index contributed by atoms with van der Waals surface area (Å²) in [5, 5.41) is 0.684. The molecule has 0 N–H and O–H groups in total. The molecule has 2 heterocycles. The lowest BCUT2D eigenvalue weighted by atomic mass is 10.2. The van der Waals surface area contributed by atoms with Gasteiger partial charge in [-0.1, -0.05) is 18.2 Å². The van der Waals surface area contributed by atoms with Gasteiger partial charge in [-0.05, 0) is 31.2 Å². The van der Waals surface area contributed by atoms with Gasteiger partial charge < -0.3 is 13.7 Å². The Kier molecular flexibility index (Phi) is 4.64. The molecule has 8 heteroatoms. The average molecular weight is 376 g/mol. The highest BCUT2D eigenvalue weighted by Gasteiger charge is 2.27. The molecule has 2 aromatic heterocycles. The number of amides is 1. The lowest BCUT2D eigenvalue weighted by Gasteiger charge is -2.22. The summed E-state index contributed by atoms with van der Waals surface area (Å²) in [6.07, 6.45) is 0. The van der Waals surface area contributed by atoms with E-state index in [2.05, 4.69) is 0 Å². The third-order valence-electron chi connectivity index (χ3n) is 4.28. The highest BCUT2D eigenvalue weighted by atomic mass is 32.2. The van der Waals surface area contributed by atoms with Gasteiger partial charge in [0.1, 0.15) is 11.3 Å².